The molecule has 0 fully saturated rings. The van der Waals surface area contributed by atoms with Crippen LogP contribution in [0.3, 0.4) is 0 Å². The maximum Gasteiger partial charge on any atom is 0.150 e. The van der Waals surface area contributed by atoms with Crippen molar-refractivity contribution in [3.05, 3.63) is 58.7 Å². The minimum Gasteiger partial charge on any atom is -0.508 e. The van der Waals surface area contributed by atoms with Crippen LogP contribution in [-0.4, -0.2) is 22.8 Å². The topological polar surface area (TPSA) is 74.6 Å². The zero-order valence-corrected chi connectivity index (χ0v) is 12.2. The van der Waals surface area contributed by atoms with Gasteiger partial charge in [-0.2, -0.15) is 0 Å². The smallest absolute Gasteiger partial charge is 0.150 e. The Morgan fingerprint density at radius 1 is 0.727 bits per heavy atom. The van der Waals surface area contributed by atoms with Gasteiger partial charge in [0.15, 0.2) is 0 Å². The van der Waals surface area contributed by atoms with Crippen molar-refractivity contribution in [1.29, 1.82) is 0 Å². The normalized spacial score (nSPS) is 10.4. The van der Waals surface area contributed by atoms with Crippen LogP contribution in [0.15, 0.2) is 36.4 Å². The average Bonchev–Trinajstić information content (AvgIpc) is 2.52. The van der Waals surface area contributed by atoms with E-state index in [1.165, 1.54) is 12.1 Å². The zero-order chi connectivity index (χ0) is 15.9. The quantitative estimate of drug-likeness (QED) is 0.607. The molecule has 114 valence electrons. The van der Waals surface area contributed by atoms with E-state index in [9.17, 15) is 19.8 Å². The first-order valence-corrected chi connectivity index (χ1v) is 7.18. The van der Waals surface area contributed by atoms with Gasteiger partial charge in [-0.3, -0.25) is 9.59 Å². The van der Waals surface area contributed by atoms with Crippen LogP contribution in [-0.2, 0) is 12.8 Å². The second-order valence-corrected chi connectivity index (χ2v) is 5.21. The van der Waals surface area contributed by atoms with Gasteiger partial charge in [0, 0.05) is 11.1 Å². The third-order valence-corrected chi connectivity index (χ3v) is 3.65. The van der Waals surface area contributed by atoms with Gasteiger partial charge in [0.2, 0.25) is 0 Å². The molecule has 2 aromatic rings. The summed E-state index contributed by atoms with van der Waals surface area (Å²) in [6, 6.07) is 9.42. The van der Waals surface area contributed by atoms with Gasteiger partial charge in [-0.25, -0.2) is 0 Å². The van der Waals surface area contributed by atoms with Crippen LogP contribution in [0.5, 0.6) is 11.5 Å². The maximum absolute atomic E-state index is 11.0. The minimum atomic E-state index is 0.150. The number of hydrogen-bond acceptors (Lipinski definition) is 4. The Hall–Kier alpha value is -2.62. The largest absolute Gasteiger partial charge is 0.508 e. The number of hydrogen-bond donors (Lipinski definition) is 2. The summed E-state index contributed by atoms with van der Waals surface area (Å²) in [5.41, 5.74) is 2.82. The third kappa shape index (κ3) is 3.95. The number of carbonyl (C=O) groups is 2. The Morgan fingerprint density at radius 2 is 1.14 bits per heavy atom. The molecular formula is C18H18O4. The van der Waals surface area contributed by atoms with Crippen molar-refractivity contribution in [1.82, 2.24) is 0 Å². The summed E-state index contributed by atoms with van der Waals surface area (Å²) in [5, 5.41) is 19.0. The van der Waals surface area contributed by atoms with Crippen molar-refractivity contribution in [2.24, 2.45) is 0 Å². The lowest BCUT2D eigenvalue weighted by atomic mass is 9.98. The first-order chi connectivity index (χ1) is 10.6. The summed E-state index contributed by atoms with van der Waals surface area (Å²) < 4.78 is 0. The fourth-order valence-electron chi connectivity index (χ4n) is 2.48. The fraction of sp³-hybridized carbons (Fsp3) is 0.222. The van der Waals surface area contributed by atoms with Crippen LogP contribution >= 0.6 is 0 Å². The molecule has 0 radical (unpaired) electrons. The van der Waals surface area contributed by atoms with Crippen molar-refractivity contribution in [2.45, 2.75) is 25.7 Å². The Balaban J connectivity index is 1.95. The van der Waals surface area contributed by atoms with E-state index in [4.69, 9.17) is 0 Å². The predicted octanol–water partition coefficient (Wildman–Crippen LogP) is 3.29. The number of aromatic hydroxyl groups is 2. The van der Waals surface area contributed by atoms with Crippen molar-refractivity contribution in [3.8, 4) is 11.5 Å². The molecule has 0 aliphatic carbocycles. The molecule has 4 nitrogen and oxygen atoms in total. The highest BCUT2D eigenvalue weighted by molar-refractivity contribution is 5.78. The summed E-state index contributed by atoms with van der Waals surface area (Å²) in [5.74, 6) is 0.300. The monoisotopic (exact) mass is 298 g/mol. The zero-order valence-electron chi connectivity index (χ0n) is 12.2. The number of unbranched alkanes of at least 4 members (excludes halogenated alkanes) is 1. The molecule has 0 aliphatic rings. The predicted molar refractivity (Wildman–Crippen MR) is 83.6 cm³/mol. The summed E-state index contributed by atoms with van der Waals surface area (Å²) in [6.45, 7) is 0. The van der Waals surface area contributed by atoms with E-state index in [1.807, 2.05) is 0 Å². The summed E-state index contributed by atoms with van der Waals surface area (Å²) in [7, 11) is 0. The first kappa shape index (κ1) is 15.8. The number of phenols is 2. The fourth-order valence-corrected chi connectivity index (χ4v) is 2.48. The van der Waals surface area contributed by atoms with Crippen molar-refractivity contribution in [3.63, 3.8) is 0 Å². The van der Waals surface area contributed by atoms with Gasteiger partial charge >= 0.3 is 0 Å². The van der Waals surface area contributed by atoms with Crippen molar-refractivity contribution < 1.29 is 19.8 Å². The second kappa shape index (κ2) is 7.41. The molecule has 0 aromatic heterocycles. The number of rotatable bonds is 7. The first-order valence-electron chi connectivity index (χ1n) is 7.18. The molecule has 0 amide bonds. The van der Waals surface area contributed by atoms with E-state index in [0.717, 1.165) is 36.5 Å². The number of phenolic OH excluding ortho intramolecular Hbond substituents is 2. The number of benzene rings is 2. The van der Waals surface area contributed by atoms with Gasteiger partial charge in [-0.1, -0.05) is 0 Å². The van der Waals surface area contributed by atoms with E-state index < -0.39 is 0 Å². The Bertz CT molecular complexity index is 617. The van der Waals surface area contributed by atoms with Gasteiger partial charge < -0.3 is 10.2 Å². The molecule has 0 aliphatic heterocycles. The van der Waals surface area contributed by atoms with Crippen molar-refractivity contribution >= 4 is 12.6 Å². The van der Waals surface area contributed by atoms with E-state index in [1.54, 1.807) is 24.3 Å². The summed E-state index contributed by atoms with van der Waals surface area (Å²) in [6.07, 6.45) is 4.56. The standard InChI is InChI=1S/C18H18O4/c19-11-15-5-7-17(21)9-13(15)3-1-2-4-14-10-18(22)8-6-16(14)12-20/h5-12,21-22H,1-4H2. The van der Waals surface area contributed by atoms with E-state index in [0.29, 0.717) is 24.0 Å². The van der Waals surface area contributed by atoms with Gasteiger partial charge in [0.1, 0.15) is 24.1 Å². The van der Waals surface area contributed by atoms with Crippen LogP contribution in [0, 0.1) is 0 Å². The van der Waals surface area contributed by atoms with Crippen LogP contribution < -0.4 is 0 Å². The third-order valence-electron chi connectivity index (χ3n) is 3.65. The van der Waals surface area contributed by atoms with Crippen LogP contribution in [0.4, 0.5) is 0 Å². The number of carbonyl (C=O) groups excluding carboxylic acids is 2. The van der Waals surface area contributed by atoms with E-state index in [2.05, 4.69) is 0 Å². The van der Waals surface area contributed by atoms with Crippen molar-refractivity contribution in [2.75, 3.05) is 0 Å². The Kier molecular flexibility index (Phi) is 5.31. The molecule has 0 spiro atoms. The molecule has 0 saturated heterocycles. The molecule has 0 bridgehead atoms. The highest BCUT2D eigenvalue weighted by Crippen LogP contribution is 2.20. The molecule has 0 atom stereocenters. The number of aldehydes is 2. The Morgan fingerprint density at radius 3 is 1.50 bits per heavy atom. The molecule has 0 saturated carbocycles. The van der Waals surface area contributed by atoms with Gasteiger partial charge in [0.25, 0.3) is 0 Å². The highest BCUT2D eigenvalue weighted by atomic mass is 16.3. The maximum atomic E-state index is 11.0. The minimum absolute atomic E-state index is 0.150. The molecule has 2 aromatic carbocycles. The summed E-state index contributed by atoms with van der Waals surface area (Å²) >= 11 is 0. The Labute approximate surface area is 129 Å². The van der Waals surface area contributed by atoms with Gasteiger partial charge in [-0.15, -0.1) is 0 Å². The van der Waals surface area contributed by atoms with Crippen LogP contribution in [0.1, 0.15) is 44.7 Å². The number of aryl methyl sites for hydroxylation is 2. The van der Waals surface area contributed by atoms with Crippen LogP contribution in [0.25, 0.3) is 0 Å². The van der Waals surface area contributed by atoms with E-state index in [-0.39, 0.29) is 11.5 Å². The summed E-state index contributed by atoms with van der Waals surface area (Å²) in [4.78, 5) is 21.9. The van der Waals surface area contributed by atoms with Gasteiger partial charge in [-0.05, 0) is 73.2 Å². The molecule has 2 rings (SSSR count). The lowest BCUT2D eigenvalue weighted by Gasteiger charge is -2.07. The highest BCUT2D eigenvalue weighted by Gasteiger charge is 2.06. The molecule has 0 heterocycles. The molecule has 22 heavy (non-hydrogen) atoms. The van der Waals surface area contributed by atoms with Crippen LogP contribution in [0.2, 0.25) is 0 Å². The molecule has 4 heteroatoms. The SMILES string of the molecule is O=Cc1ccc(O)cc1CCCCc1cc(O)ccc1C=O. The molecular weight excluding hydrogens is 280 g/mol. The second-order valence-electron chi connectivity index (χ2n) is 5.21. The molecule has 2 N–H and O–H groups in total. The average molecular weight is 298 g/mol. The molecule has 0 unspecified atom stereocenters. The van der Waals surface area contributed by atoms with E-state index >= 15 is 0 Å². The van der Waals surface area contributed by atoms with Gasteiger partial charge in [0.05, 0.1) is 0 Å². The lowest BCUT2D eigenvalue weighted by Crippen LogP contribution is -1.96. The lowest BCUT2D eigenvalue weighted by molar-refractivity contribution is 0.111.